The Morgan fingerprint density at radius 2 is 2.06 bits per heavy atom. The summed E-state index contributed by atoms with van der Waals surface area (Å²) in [5.74, 6) is 0.998. The summed E-state index contributed by atoms with van der Waals surface area (Å²) in [4.78, 5) is 0. The van der Waals surface area contributed by atoms with Gasteiger partial charge in [-0.1, -0.05) is 13.0 Å². The van der Waals surface area contributed by atoms with Crippen LogP contribution in [0.3, 0.4) is 0 Å². The largest absolute Gasteiger partial charge is 0.489 e. The smallest absolute Gasteiger partial charge is 0.120 e. The molecule has 0 saturated heterocycles. The summed E-state index contributed by atoms with van der Waals surface area (Å²) in [5.41, 5.74) is 2.62. The van der Waals surface area contributed by atoms with Crippen molar-refractivity contribution >= 4 is 0 Å². The molecule has 1 fully saturated rings. The van der Waals surface area contributed by atoms with Crippen LogP contribution in [0.4, 0.5) is 0 Å². The number of rotatable bonds is 6. The van der Waals surface area contributed by atoms with Gasteiger partial charge in [-0.3, -0.25) is 0 Å². The minimum absolute atomic E-state index is 0.290. The minimum atomic E-state index is 0.290. The molecule has 0 amide bonds. The molecule has 0 heterocycles. The Kier molecular flexibility index (Phi) is 4.06. The van der Waals surface area contributed by atoms with E-state index in [2.05, 4.69) is 44.3 Å². The maximum absolute atomic E-state index is 6.02. The molecule has 2 rings (SSSR count). The molecule has 1 aliphatic rings. The van der Waals surface area contributed by atoms with E-state index < -0.39 is 0 Å². The van der Waals surface area contributed by atoms with Crippen LogP contribution in [-0.4, -0.2) is 18.7 Å². The fourth-order valence-electron chi connectivity index (χ4n) is 1.83. The lowest BCUT2D eigenvalue weighted by Crippen LogP contribution is -2.32. The summed E-state index contributed by atoms with van der Waals surface area (Å²) in [6, 6.07) is 7.09. The molecule has 0 spiro atoms. The molecule has 0 aromatic heterocycles. The highest BCUT2D eigenvalue weighted by Crippen LogP contribution is 2.20. The van der Waals surface area contributed by atoms with E-state index in [0.29, 0.717) is 0 Å². The van der Waals surface area contributed by atoms with E-state index in [1.165, 1.54) is 24.0 Å². The Morgan fingerprint density at radius 1 is 1.29 bits per heavy atom. The average Bonchev–Trinajstić information content (AvgIpc) is 3.13. The Labute approximate surface area is 104 Å². The van der Waals surface area contributed by atoms with Gasteiger partial charge < -0.3 is 10.1 Å². The lowest BCUT2D eigenvalue weighted by atomic mass is 10.1. The van der Waals surface area contributed by atoms with Gasteiger partial charge in [-0.05, 0) is 56.4 Å². The Hall–Kier alpha value is -1.02. The van der Waals surface area contributed by atoms with E-state index in [0.717, 1.165) is 24.8 Å². The first-order valence-corrected chi connectivity index (χ1v) is 6.66. The van der Waals surface area contributed by atoms with E-state index in [4.69, 9.17) is 4.74 Å². The molecule has 2 nitrogen and oxygen atoms in total. The second-order valence-electron chi connectivity index (χ2n) is 5.08. The van der Waals surface area contributed by atoms with E-state index in [9.17, 15) is 0 Å². The van der Waals surface area contributed by atoms with Gasteiger partial charge in [0.2, 0.25) is 0 Å². The lowest BCUT2D eigenvalue weighted by molar-refractivity contribution is 0.193. The summed E-state index contributed by atoms with van der Waals surface area (Å²) < 4.78 is 6.02. The Balaban J connectivity index is 1.89. The molecule has 1 aromatic carbocycles. The maximum atomic E-state index is 6.02. The van der Waals surface area contributed by atoms with Crippen molar-refractivity contribution in [2.75, 3.05) is 6.54 Å². The zero-order valence-corrected chi connectivity index (χ0v) is 11.1. The molecular weight excluding hydrogens is 210 g/mol. The van der Waals surface area contributed by atoms with Crippen LogP contribution in [-0.2, 0) is 0 Å². The first-order valence-electron chi connectivity index (χ1n) is 6.66. The van der Waals surface area contributed by atoms with Crippen LogP contribution < -0.4 is 10.1 Å². The van der Waals surface area contributed by atoms with Gasteiger partial charge in [0.1, 0.15) is 11.9 Å². The minimum Gasteiger partial charge on any atom is -0.489 e. The van der Waals surface area contributed by atoms with Crippen LogP contribution in [0.2, 0.25) is 0 Å². The molecule has 0 bridgehead atoms. The van der Waals surface area contributed by atoms with Crippen molar-refractivity contribution in [1.82, 2.24) is 5.32 Å². The van der Waals surface area contributed by atoms with Gasteiger partial charge in [-0.15, -0.1) is 0 Å². The predicted octanol–water partition coefficient (Wildman–Crippen LogP) is 3.21. The highest BCUT2D eigenvalue weighted by Gasteiger charge is 2.21. The Morgan fingerprint density at radius 3 is 2.65 bits per heavy atom. The second-order valence-corrected chi connectivity index (χ2v) is 5.08. The summed E-state index contributed by atoms with van der Waals surface area (Å²) in [6.07, 6.45) is 4.00. The van der Waals surface area contributed by atoms with Gasteiger partial charge in [0.05, 0.1) is 0 Å². The third-order valence-corrected chi connectivity index (χ3v) is 3.45. The molecule has 2 heteroatoms. The SMILES string of the molecule is CCC(CNC1CC1)Oc1ccc(C)c(C)c1. The van der Waals surface area contributed by atoms with Crippen LogP contribution in [0.5, 0.6) is 5.75 Å². The van der Waals surface area contributed by atoms with Crippen molar-refractivity contribution in [3.8, 4) is 5.75 Å². The fraction of sp³-hybridized carbons (Fsp3) is 0.600. The lowest BCUT2D eigenvalue weighted by Gasteiger charge is -2.18. The average molecular weight is 233 g/mol. The van der Waals surface area contributed by atoms with Crippen molar-refractivity contribution in [1.29, 1.82) is 0 Å². The van der Waals surface area contributed by atoms with Crippen LogP contribution >= 0.6 is 0 Å². The van der Waals surface area contributed by atoms with Crippen LogP contribution in [0.1, 0.15) is 37.3 Å². The van der Waals surface area contributed by atoms with Crippen molar-refractivity contribution in [3.63, 3.8) is 0 Å². The Bertz CT molecular complexity index is 371. The molecule has 1 unspecified atom stereocenters. The molecule has 1 aliphatic carbocycles. The van der Waals surface area contributed by atoms with Gasteiger partial charge in [0.25, 0.3) is 0 Å². The number of ether oxygens (including phenoxy) is 1. The van der Waals surface area contributed by atoms with E-state index >= 15 is 0 Å². The molecule has 94 valence electrons. The molecule has 1 atom stereocenters. The standard InChI is InChI=1S/C15H23NO/c1-4-14(10-16-13-6-7-13)17-15-8-5-11(2)12(3)9-15/h5,8-9,13-14,16H,4,6-7,10H2,1-3H3. The molecule has 0 radical (unpaired) electrons. The first kappa shape index (κ1) is 12.4. The number of hydrogen-bond donors (Lipinski definition) is 1. The highest BCUT2D eigenvalue weighted by molar-refractivity contribution is 5.33. The third kappa shape index (κ3) is 3.74. The van der Waals surface area contributed by atoms with E-state index in [1.807, 2.05) is 0 Å². The molecule has 1 aromatic rings. The van der Waals surface area contributed by atoms with Crippen molar-refractivity contribution in [2.45, 2.75) is 52.2 Å². The summed E-state index contributed by atoms with van der Waals surface area (Å²) in [6.45, 7) is 7.41. The quantitative estimate of drug-likeness (QED) is 0.814. The van der Waals surface area contributed by atoms with Crippen LogP contribution in [0.15, 0.2) is 18.2 Å². The third-order valence-electron chi connectivity index (χ3n) is 3.45. The topological polar surface area (TPSA) is 21.3 Å². The van der Waals surface area contributed by atoms with Gasteiger partial charge in [-0.25, -0.2) is 0 Å². The van der Waals surface area contributed by atoms with Gasteiger partial charge in [0.15, 0.2) is 0 Å². The summed E-state index contributed by atoms with van der Waals surface area (Å²) in [7, 11) is 0. The van der Waals surface area contributed by atoms with Crippen molar-refractivity contribution < 1.29 is 4.74 Å². The van der Waals surface area contributed by atoms with Crippen molar-refractivity contribution in [3.05, 3.63) is 29.3 Å². The number of nitrogens with one attached hydrogen (secondary N) is 1. The maximum Gasteiger partial charge on any atom is 0.120 e. The van der Waals surface area contributed by atoms with Crippen LogP contribution in [0.25, 0.3) is 0 Å². The monoisotopic (exact) mass is 233 g/mol. The van der Waals surface area contributed by atoms with E-state index in [-0.39, 0.29) is 6.10 Å². The zero-order valence-electron chi connectivity index (χ0n) is 11.1. The molecule has 17 heavy (non-hydrogen) atoms. The normalized spacial score (nSPS) is 16.9. The second kappa shape index (κ2) is 5.54. The molecular formula is C15H23NO. The van der Waals surface area contributed by atoms with Gasteiger partial charge in [0, 0.05) is 12.6 Å². The number of hydrogen-bond acceptors (Lipinski definition) is 2. The highest BCUT2D eigenvalue weighted by atomic mass is 16.5. The molecule has 1 saturated carbocycles. The van der Waals surface area contributed by atoms with Gasteiger partial charge >= 0.3 is 0 Å². The molecule has 0 aliphatic heterocycles. The predicted molar refractivity (Wildman–Crippen MR) is 71.6 cm³/mol. The summed E-state index contributed by atoms with van der Waals surface area (Å²) in [5, 5.41) is 3.53. The van der Waals surface area contributed by atoms with E-state index in [1.54, 1.807) is 0 Å². The number of aryl methyl sites for hydroxylation is 2. The first-order chi connectivity index (χ1) is 8.19. The zero-order chi connectivity index (χ0) is 12.3. The number of benzene rings is 1. The van der Waals surface area contributed by atoms with Crippen LogP contribution in [0, 0.1) is 13.8 Å². The summed E-state index contributed by atoms with van der Waals surface area (Å²) >= 11 is 0. The fourth-order valence-corrected chi connectivity index (χ4v) is 1.83. The van der Waals surface area contributed by atoms with Crippen molar-refractivity contribution in [2.24, 2.45) is 0 Å². The molecule has 1 N–H and O–H groups in total. The van der Waals surface area contributed by atoms with Gasteiger partial charge in [-0.2, -0.15) is 0 Å².